The van der Waals surface area contributed by atoms with Crippen LogP contribution in [0.1, 0.15) is 180 Å². The van der Waals surface area contributed by atoms with Crippen LogP contribution in [0.5, 0.6) is 0 Å². The predicted octanol–water partition coefficient (Wildman–Crippen LogP) is 14.8. The first-order valence-electron chi connectivity index (χ1n) is 32.6. The standard InChI is InChI=1S/C17H19N3O.C16H18N4O.C13H23N3O.C13H17N3S.C13H16N2O/c1-12(2)19-17(21)20-16(9-10-18-20)15-8-7-13-5-3-4-6-14(13)11-15;1-11(2)19-16(21)20-15(7-8-18-20)14-9-12-5-3-4-6-13(12)10-17-14;2*1-10(2)15-13(17)16-12(8-9-14-16)11-6-4-3-5-7-11;1-10(2)13(16)15-12(8-9-14-15)11-6-4-3-5-7-11/h3-8,10-12,16H,9H2,1-2H3,(H,19,21);3-6,8-11,15H,7H2,1-2H3,(H,19,21);9-12H,3-8H2,1-2H3,(H,15,17);3-7,9-10,12H,8H2,1-2H3,(H,15,17);3-7,9-10,12H,8H2,1-2H3. The summed E-state index contributed by atoms with van der Waals surface area (Å²) < 4.78 is 0. The van der Waals surface area contributed by atoms with E-state index in [1.54, 1.807) is 27.5 Å². The van der Waals surface area contributed by atoms with Crippen LogP contribution in [0.25, 0.3) is 21.5 Å². The molecule has 5 aliphatic heterocycles. The number of amides is 7. The normalized spacial score (nSPS) is 19.6. The number of carbonyl (C=O) groups is 4. The van der Waals surface area contributed by atoms with E-state index in [2.05, 4.69) is 114 Å². The summed E-state index contributed by atoms with van der Waals surface area (Å²) in [5.41, 5.74) is 4.38. The molecule has 92 heavy (non-hydrogen) atoms. The van der Waals surface area contributed by atoms with Gasteiger partial charge in [0.15, 0.2) is 5.11 Å². The van der Waals surface area contributed by atoms with Crippen molar-refractivity contribution >= 4 is 93.9 Å². The van der Waals surface area contributed by atoms with E-state index in [-0.39, 0.29) is 72.2 Å². The quantitative estimate of drug-likeness (QED) is 0.0968. The number of hydrogen-bond donors (Lipinski definition) is 4. The van der Waals surface area contributed by atoms with Gasteiger partial charge in [-0.25, -0.2) is 39.4 Å². The SMILES string of the molecule is CC(C)C(=O)N1N=CCC1c1ccccc1.CC(C)NC(=O)N1N=CCC1C1CCCCC1.CC(C)NC(=O)N1N=CCC1c1cc2ccccc2cn1.CC(C)NC(=O)N1N=CCC1c1ccc2ccccc2c1.CC(C)NC(=S)N1N=CCC1c1ccccc1. The molecule has 0 bridgehead atoms. The molecule has 5 unspecified atom stereocenters. The van der Waals surface area contributed by atoms with Crippen LogP contribution in [-0.2, 0) is 4.79 Å². The minimum atomic E-state index is -0.182. The third-order valence-corrected chi connectivity index (χ3v) is 16.4. The number of carbonyl (C=O) groups excluding carboxylic acids is 4. The summed E-state index contributed by atoms with van der Waals surface area (Å²) >= 11 is 5.37. The molecule has 20 heteroatoms. The highest BCUT2D eigenvalue weighted by Crippen LogP contribution is 2.35. The van der Waals surface area contributed by atoms with Crippen molar-refractivity contribution in [3.63, 3.8) is 0 Å². The summed E-state index contributed by atoms with van der Waals surface area (Å²) in [6.45, 7) is 19.7. The molecular weight excluding hydrogens is 1170 g/mol. The van der Waals surface area contributed by atoms with Gasteiger partial charge in [-0.2, -0.15) is 25.5 Å². The number of benzene rings is 5. The van der Waals surface area contributed by atoms with Gasteiger partial charge in [-0.15, -0.1) is 0 Å². The van der Waals surface area contributed by atoms with Crippen molar-refractivity contribution in [2.75, 3.05) is 0 Å². The molecule has 1 aromatic heterocycles. The molecule has 6 aliphatic rings. The second-order valence-corrected chi connectivity index (χ2v) is 25.6. The van der Waals surface area contributed by atoms with Crippen molar-refractivity contribution in [2.24, 2.45) is 37.3 Å². The molecule has 0 radical (unpaired) electrons. The van der Waals surface area contributed by atoms with Crippen molar-refractivity contribution in [1.29, 1.82) is 0 Å². The maximum Gasteiger partial charge on any atom is 0.338 e. The largest absolute Gasteiger partial charge is 0.359 e. The van der Waals surface area contributed by atoms with Crippen molar-refractivity contribution in [3.05, 3.63) is 162 Å². The van der Waals surface area contributed by atoms with Crippen LogP contribution in [0.4, 0.5) is 14.4 Å². The maximum atomic E-state index is 12.2. The summed E-state index contributed by atoms with van der Waals surface area (Å²) in [5.74, 6) is 0.716. The number of thiocarbonyl (C=S) groups is 1. The lowest BCUT2D eigenvalue weighted by Gasteiger charge is -2.32. The zero-order valence-electron chi connectivity index (χ0n) is 55.0. The molecule has 486 valence electrons. The van der Waals surface area contributed by atoms with Crippen molar-refractivity contribution < 1.29 is 19.2 Å². The Morgan fingerprint density at radius 2 is 0.826 bits per heavy atom. The number of fused-ring (bicyclic) bond motifs is 2. The summed E-state index contributed by atoms with van der Waals surface area (Å²) in [6.07, 6.45) is 21.6. The minimum absolute atomic E-state index is 0.0125. The highest BCUT2D eigenvalue weighted by molar-refractivity contribution is 7.80. The van der Waals surface area contributed by atoms with E-state index < -0.39 is 0 Å². The molecule has 1 fully saturated rings. The summed E-state index contributed by atoms with van der Waals surface area (Å²) in [4.78, 5) is 52.8. The Hall–Kier alpha value is -8.91. The van der Waals surface area contributed by atoms with Crippen molar-refractivity contribution in [2.45, 2.75) is 188 Å². The van der Waals surface area contributed by atoms with Gasteiger partial charge in [-0.3, -0.25) is 9.78 Å². The lowest BCUT2D eigenvalue weighted by Crippen LogP contribution is -2.46. The van der Waals surface area contributed by atoms with Crippen molar-refractivity contribution in [1.82, 2.24) is 51.3 Å². The van der Waals surface area contributed by atoms with Crippen LogP contribution in [0.2, 0.25) is 0 Å². The molecule has 12 rings (SSSR count). The first-order valence-corrected chi connectivity index (χ1v) is 33.0. The number of hydrazone groups is 5. The van der Waals surface area contributed by atoms with Crippen LogP contribution in [-0.4, -0.2) is 120 Å². The number of aromatic nitrogens is 1. The Bertz CT molecular complexity index is 3430. The molecule has 6 aromatic rings. The average Bonchev–Trinajstić information content (AvgIpc) is 1.61. The van der Waals surface area contributed by atoms with Gasteiger partial charge in [0.05, 0.1) is 29.9 Å². The molecule has 6 heterocycles. The van der Waals surface area contributed by atoms with Gasteiger partial charge < -0.3 is 21.3 Å². The van der Waals surface area contributed by atoms with E-state index in [1.807, 2.05) is 170 Å². The van der Waals surface area contributed by atoms with Gasteiger partial charge in [0, 0.05) is 105 Å². The molecule has 7 amide bonds. The maximum absolute atomic E-state index is 12.2. The first kappa shape index (κ1) is 69.0. The highest BCUT2D eigenvalue weighted by Gasteiger charge is 2.35. The molecule has 5 atom stereocenters. The van der Waals surface area contributed by atoms with Gasteiger partial charge >= 0.3 is 18.1 Å². The van der Waals surface area contributed by atoms with Crippen LogP contribution in [0.3, 0.4) is 0 Å². The second kappa shape index (κ2) is 34.0. The lowest BCUT2D eigenvalue weighted by molar-refractivity contribution is -0.136. The van der Waals surface area contributed by atoms with E-state index in [4.69, 9.17) is 12.2 Å². The zero-order valence-corrected chi connectivity index (χ0v) is 55.9. The molecule has 0 spiro atoms. The Morgan fingerprint density at radius 1 is 0.413 bits per heavy atom. The van der Waals surface area contributed by atoms with Crippen LogP contribution in [0, 0.1) is 11.8 Å². The van der Waals surface area contributed by atoms with Gasteiger partial charge in [0.25, 0.3) is 0 Å². The minimum Gasteiger partial charge on any atom is -0.359 e. The van der Waals surface area contributed by atoms with Crippen LogP contribution >= 0.6 is 12.2 Å². The lowest BCUT2D eigenvalue weighted by atomic mass is 9.83. The van der Waals surface area contributed by atoms with Gasteiger partial charge in [0.2, 0.25) is 5.91 Å². The molecule has 19 nitrogen and oxygen atoms in total. The predicted molar refractivity (Wildman–Crippen MR) is 376 cm³/mol. The van der Waals surface area contributed by atoms with Gasteiger partial charge in [-0.05, 0) is 131 Å². The van der Waals surface area contributed by atoms with Gasteiger partial charge in [0.1, 0.15) is 6.04 Å². The summed E-state index contributed by atoms with van der Waals surface area (Å²) in [6, 6.07) is 45.8. The van der Waals surface area contributed by atoms with E-state index in [0.29, 0.717) is 29.5 Å². The number of rotatable bonds is 10. The number of pyridine rings is 1. The fourth-order valence-corrected chi connectivity index (χ4v) is 12.0. The Labute approximate surface area is 548 Å². The molecule has 1 aliphatic carbocycles. The zero-order chi connectivity index (χ0) is 65.7. The molecule has 0 saturated heterocycles. The number of nitrogens with zero attached hydrogens (tertiary/aromatic N) is 11. The average molecular weight is 1260 g/mol. The second-order valence-electron chi connectivity index (χ2n) is 25.2. The third-order valence-electron chi connectivity index (χ3n) is 16.1. The van der Waals surface area contributed by atoms with E-state index in [0.717, 1.165) is 53.3 Å². The molecular formula is C72H93N15O4S. The highest BCUT2D eigenvalue weighted by atomic mass is 32.1. The summed E-state index contributed by atoms with van der Waals surface area (Å²) in [7, 11) is 0. The van der Waals surface area contributed by atoms with Gasteiger partial charge in [-0.1, -0.05) is 154 Å². The van der Waals surface area contributed by atoms with Crippen LogP contribution < -0.4 is 21.3 Å². The van der Waals surface area contributed by atoms with Crippen LogP contribution in [0.15, 0.2) is 165 Å². The smallest absolute Gasteiger partial charge is 0.338 e. The Kier molecular flexibility index (Phi) is 25.5. The fraction of sp³-hybridized carbons (Fsp3) is 0.431. The summed E-state index contributed by atoms with van der Waals surface area (Å²) in [5, 5.41) is 46.6. The van der Waals surface area contributed by atoms with E-state index >= 15 is 0 Å². The molecule has 1 saturated carbocycles. The molecule has 5 aromatic carbocycles. The van der Waals surface area contributed by atoms with E-state index in [9.17, 15) is 19.2 Å². The number of urea groups is 3. The van der Waals surface area contributed by atoms with E-state index in [1.165, 1.54) is 53.4 Å². The first-order chi connectivity index (χ1) is 44.4. The molecule has 4 N–H and O–H groups in total. The Balaban J connectivity index is 0.000000149. The monoisotopic (exact) mass is 1260 g/mol. The Morgan fingerprint density at radius 3 is 1.36 bits per heavy atom. The fourth-order valence-electron chi connectivity index (χ4n) is 11.6. The third kappa shape index (κ3) is 19.1. The van der Waals surface area contributed by atoms with Crippen molar-refractivity contribution in [3.8, 4) is 0 Å². The topological polar surface area (TPSA) is 207 Å². The number of hydrogen-bond acceptors (Lipinski definition) is 11. The number of nitrogens with one attached hydrogen (secondary N) is 4.